The fourth-order valence-electron chi connectivity index (χ4n) is 2.14. The first-order valence-corrected chi connectivity index (χ1v) is 7.17. The molecule has 0 radical (unpaired) electrons. The minimum atomic E-state index is -1.29. The van der Waals surface area contributed by atoms with Gasteiger partial charge >= 0.3 is 6.03 Å². The summed E-state index contributed by atoms with van der Waals surface area (Å²) in [5.41, 5.74) is 12.0. The highest BCUT2D eigenvalue weighted by atomic mass is 16.2. The number of anilines is 1. The highest BCUT2D eigenvalue weighted by molar-refractivity contribution is 5.90. The fourth-order valence-corrected chi connectivity index (χ4v) is 2.14. The largest absolute Gasteiger partial charge is 0.399 e. The predicted octanol–water partition coefficient (Wildman–Crippen LogP) is 1.47. The number of rotatable bonds is 5. The molecule has 0 saturated heterocycles. The van der Waals surface area contributed by atoms with Crippen molar-refractivity contribution < 1.29 is 9.59 Å². The third-order valence-corrected chi connectivity index (χ3v) is 3.64. The summed E-state index contributed by atoms with van der Waals surface area (Å²) in [4.78, 5) is 24.0. The summed E-state index contributed by atoms with van der Waals surface area (Å²) in [5, 5.41) is 5.34. The molecule has 0 bridgehead atoms. The van der Waals surface area contributed by atoms with Gasteiger partial charge in [0.2, 0.25) is 5.91 Å². The van der Waals surface area contributed by atoms with Crippen LogP contribution in [0.2, 0.25) is 0 Å². The number of amides is 3. The summed E-state index contributed by atoms with van der Waals surface area (Å²) >= 11 is 0. The third kappa shape index (κ3) is 4.00. The third-order valence-electron chi connectivity index (χ3n) is 3.64. The molecule has 120 valence electrons. The normalized spacial score (nSPS) is 12.9. The van der Waals surface area contributed by atoms with Crippen molar-refractivity contribution in [3.05, 3.63) is 65.7 Å². The van der Waals surface area contributed by atoms with Crippen LogP contribution in [0, 0.1) is 0 Å². The number of hydrogen-bond donors (Lipinski definition) is 4. The van der Waals surface area contributed by atoms with Crippen molar-refractivity contribution in [2.45, 2.75) is 19.0 Å². The molecule has 1 atom stereocenters. The van der Waals surface area contributed by atoms with Gasteiger partial charge in [-0.2, -0.15) is 0 Å². The lowest BCUT2D eigenvalue weighted by molar-refractivity contribution is -0.123. The van der Waals surface area contributed by atoms with Crippen molar-refractivity contribution in [1.82, 2.24) is 10.6 Å². The fraction of sp³-hybridized carbons (Fsp3) is 0.176. The number of carbonyl (C=O) groups is 2. The van der Waals surface area contributed by atoms with Crippen LogP contribution in [0.3, 0.4) is 0 Å². The van der Waals surface area contributed by atoms with Crippen LogP contribution in [0.5, 0.6) is 0 Å². The van der Waals surface area contributed by atoms with Gasteiger partial charge in [-0.05, 0) is 30.2 Å². The number of nitrogen functional groups attached to an aromatic ring is 1. The second kappa shape index (κ2) is 6.83. The zero-order chi connectivity index (χ0) is 16.9. The summed E-state index contributed by atoms with van der Waals surface area (Å²) in [5.74, 6) is -0.633. The first kappa shape index (κ1) is 16.4. The quantitative estimate of drug-likeness (QED) is 0.627. The molecule has 0 saturated carbocycles. The van der Waals surface area contributed by atoms with Gasteiger partial charge in [0, 0.05) is 12.2 Å². The number of hydrogen-bond acceptors (Lipinski definition) is 3. The average molecular weight is 312 g/mol. The van der Waals surface area contributed by atoms with E-state index in [-0.39, 0.29) is 0 Å². The molecular weight excluding hydrogens is 292 g/mol. The first-order chi connectivity index (χ1) is 10.9. The van der Waals surface area contributed by atoms with Gasteiger partial charge in [0.25, 0.3) is 0 Å². The molecule has 6 N–H and O–H groups in total. The van der Waals surface area contributed by atoms with Crippen LogP contribution in [0.4, 0.5) is 10.5 Å². The number of nitrogens with two attached hydrogens (primary N) is 2. The van der Waals surface area contributed by atoms with E-state index >= 15 is 0 Å². The van der Waals surface area contributed by atoms with Crippen LogP contribution in [0.25, 0.3) is 0 Å². The molecule has 6 nitrogen and oxygen atoms in total. The Kier molecular flexibility index (Phi) is 4.85. The van der Waals surface area contributed by atoms with Gasteiger partial charge in [0.15, 0.2) is 0 Å². The Balaban J connectivity index is 2.04. The summed E-state index contributed by atoms with van der Waals surface area (Å²) in [6, 6.07) is 15.5. The molecule has 0 fully saturated rings. The Morgan fingerprint density at radius 3 is 2.22 bits per heavy atom. The summed E-state index contributed by atoms with van der Waals surface area (Å²) in [6.45, 7) is 1.89. The topological polar surface area (TPSA) is 110 Å². The first-order valence-electron chi connectivity index (χ1n) is 7.17. The van der Waals surface area contributed by atoms with Crippen molar-refractivity contribution in [3.63, 3.8) is 0 Å². The maximum Gasteiger partial charge on any atom is 0.316 e. The minimum Gasteiger partial charge on any atom is -0.399 e. The van der Waals surface area contributed by atoms with Crippen molar-refractivity contribution >= 4 is 17.6 Å². The van der Waals surface area contributed by atoms with Crippen molar-refractivity contribution in [2.75, 3.05) is 5.73 Å². The van der Waals surface area contributed by atoms with Gasteiger partial charge in [-0.15, -0.1) is 0 Å². The molecule has 2 rings (SSSR count). The van der Waals surface area contributed by atoms with Crippen LogP contribution < -0.4 is 22.1 Å². The molecule has 0 spiro atoms. The Morgan fingerprint density at radius 2 is 1.65 bits per heavy atom. The zero-order valence-corrected chi connectivity index (χ0v) is 12.9. The Morgan fingerprint density at radius 1 is 1.04 bits per heavy atom. The molecular formula is C17H20N4O2. The molecule has 3 amide bonds. The lowest BCUT2D eigenvalue weighted by Crippen LogP contribution is -2.55. The van der Waals surface area contributed by atoms with Gasteiger partial charge in [0.1, 0.15) is 5.54 Å². The second-order valence-electron chi connectivity index (χ2n) is 5.40. The highest BCUT2D eigenvalue weighted by Gasteiger charge is 2.34. The number of benzene rings is 2. The van der Waals surface area contributed by atoms with Crippen molar-refractivity contribution in [1.29, 1.82) is 0 Å². The smallest absolute Gasteiger partial charge is 0.316 e. The molecule has 0 aromatic heterocycles. The summed E-state index contributed by atoms with van der Waals surface area (Å²) < 4.78 is 0. The zero-order valence-electron chi connectivity index (χ0n) is 12.9. The van der Waals surface area contributed by atoms with E-state index in [1.807, 2.05) is 18.2 Å². The maximum atomic E-state index is 12.1. The number of nitrogens with one attached hydrogen (secondary N) is 2. The van der Waals surface area contributed by atoms with E-state index in [4.69, 9.17) is 11.5 Å². The van der Waals surface area contributed by atoms with E-state index in [0.29, 0.717) is 17.8 Å². The van der Waals surface area contributed by atoms with E-state index in [2.05, 4.69) is 10.6 Å². The van der Waals surface area contributed by atoms with E-state index in [1.54, 1.807) is 43.3 Å². The van der Waals surface area contributed by atoms with Crippen LogP contribution in [-0.2, 0) is 16.9 Å². The Hall–Kier alpha value is -3.02. The van der Waals surface area contributed by atoms with Gasteiger partial charge in [-0.3, -0.25) is 4.79 Å². The number of primary amides is 1. The molecule has 1 unspecified atom stereocenters. The molecule has 6 heteroatoms. The van der Waals surface area contributed by atoms with E-state index < -0.39 is 17.5 Å². The molecule has 23 heavy (non-hydrogen) atoms. The molecule has 0 aliphatic carbocycles. The molecule has 2 aromatic rings. The molecule has 0 aliphatic heterocycles. The highest BCUT2D eigenvalue weighted by Crippen LogP contribution is 2.19. The van der Waals surface area contributed by atoms with Crippen molar-refractivity contribution in [2.24, 2.45) is 5.73 Å². The molecule has 0 heterocycles. The van der Waals surface area contributed by atoms with E-state index in [9.17, 15) is 9.59 Å². The minimum absolute atomic E-state index is 0.315. The number of urea groups is 1. The SMILES string of the molecule is CC(NC(=O)NCc1ccc(N)cc1)(C(N)=O)c1ccccc1. The van der Waals surface area contributed by atoms with Crippen LogP contribution >= 0.6 is 0 Å². The van der Waals surface area contributed by atoms with E-state index in [0.717, 1.165) is 5.56 Å². The Labute approximate surface area is 134 Å². The van der Waals surface area contributed by atoms with Gasteiger partial charge in [-0.1, -0.05) is 42.5 Å². The van der Waals surface area contributed by atoms with Gasteiger partial charge in [0.05, 0.1) is 0 Å². The standard InChI is InChI=1S/C17H20N4O2/c1-17(15(19)22,13-5-3-2-4-6-13)21-16(23)20-11-12-7-9-14(18)10-8-12/h2-10H,11,18H2,1H3,(H2,19,22)(H2,20,21,23). The number of carbonyl (C=O) groups excluding carboxylic acids is 2. The van der Waals surface area contributed by atoms with Gasteiger partial charge < -0.3 is 22.1 Å². The second-order valence-corrected chi connectivity index (χ2v) is 5.40. The predicted molar refractivity (Wildman–Crippen MR) is 89.2 cm³/mol. The average Bonchev–Trinajstić information content (AvgIpc) is 2.55. The monoisotopic (exact) mass is 312 g/mol. The lowest BCUT2D eigenvalue weighted by Gasteiger charge is -2.28. The van der Waals surface area contributed by atoms with Crippen molar-refractivity contribution in [3.8, 4) is 0 Å². The summed E-state index contributed by atoms with van der Waals surface area (Å²) in [6.07, 6.45) is 0. The maximum absolute atomic E-state index is 12.1. The molecule has 0 aliphatic rings. The lowest BCUT2D eigenvalue weighted by atomic mass is 9.91. The van der Waals surface area contributed by atoms with Crippen LogP contribution in [0.1, 0.15) is 18.1 Å². The molecule has 2 aromatic carbocycles. The Bertz CT molecular complexity index is 685. The van der Waals surface area contributed by atoms with Crippen LogP contribution in [-0.4, -0.2) is 11.9 Å². The summed E-state index contributed by atoms with van der Waals surface area (Å²) in [7, 11) is 0. The van der Waals surface area contributed by atoms with E-state index in [1.165, 1.54) is 0 Å². The van der Waals surface area contributed by atoms with Gasteiger partial charge in [-0.25, -0.2) is 4.79 Å². The van der Waals surface area contributed by atoms with Crippen LogP contribution in [0.15, 0.2) is 54.6 Å².